The lowest BCUT2D eigenvalue weighted by Crippen LogP contribution is -2.41. The van der Waals surface area contributed by atoms with Gasteiger partial charge in [-0.25, -0.2) is 4.98 Å². The maximum atomic E-state index is 6.26. The smallest absolute Gasteiger partial charge is 0.192 e. The summed E-state index contributed by atoms with van der Waals surface area (Å²) in [6, 6.07) is 1.55. The van der Waals surface area contributed by atoms with Gasteiger partial charge in [0.1, 0.15) is 5.15 Å². The van der Waals surface area contributed by atoms with Crippen LogP contribution in [0.15, 0.2) is 6.07 Å². The molecule has 1 unspecified atom stereocenters. The summed E-state index contributed by atoms with van der Waals surface area (Å²) in [5.74, 6) is 0. The summed E-state index contributed by atoms with van der Waals surface area (Å²) in [5.41, 5.74) is 13.3. The number of halogens is 1. The Hall–Kier alpha value is -0.783. The second kappa shape index (κ2) is 5.30. The quantitative estimate of drug-likeness (QED) is 0.654. The number of anilines is 2. The van der Waals surface area contributed by atoms with Crippen molar-refractivity contribution < 1.29 is 4.43 Å². The molecule has 0 saturated carbocycles. The Balaban J connectivity index is 3.06. The van der Waals surface area contributed by atoms with Gasteiger partial charge in [-0.1, -0.05) is 32.4 Å². The largest absolute Gasteiger partial charge is 0.409 e. The number of rotatable bonds is 3. The molecule has 0 amide bonds. The first-order chi connectivity index (χ1) is 8.45. The van der Waals surface area contributed by atoms with Gasteiger partial charge in [0.05, 0.1) is 23.2 Å². The first kappa shape index (κ1) is 16.3. The molecule has 0 bridgehead atoms. The topological polar surface area (TPSA) is 74.2 Å². The van der Waals surface area contributed by atoms with Gasteiger partial charge in [-0.2, -0.15) is 0 Å². The maximum absolute atomic E-state index is 6.26. The number of nitrogens with two attached hydrogens (primary N) is 2. The van der Waals surface area contributed by atoms with Crippen molar-refractivity contribution in [1.29, 1.82) is 0 Å². The summed E-state index contributed by atoms with van der Waals surface area (Å²) < 4.78 is 6.26. The van der Waals surface area contributed by atoms with Gasteiger partial charge in [0.15, 0.2) is 8.32 Å². The van der Waals surface area contributed by atoms with E-state index >= 15 is 0 Å². The predicted molar refractivity (Wildman–Crippen MR) is 84.8 cm³/mol. The van der Waals surface area contributed by atoms with Crippen LogP contribution >= 0.6 is 11.6 Å². The summed E-state index contributed by atoms with van der Waals surface area (Å²) in [7, 11) is -1.89. The molecule has 0 aliphatic carbocycles. The third-order valence-electron chi connectivity index (χ3n) is 3.75. The molecule has 1 heterocycles. The fourth-order valence-electron chi connectivity index (χ4n) is 1.55. The molecule has 1 aromatic rings. The van der Waals surface area contributed by atoms with Crippen molar-refractivity contribution in [2.75, 3.05) is 11.5 Å². The molecule has 0 spiro atoms. The number of aromatic nitrogens is 1. The van der Waals surface area contributed by atoms with Gasteiger partial charge in [0.2, 0.25) is 0 Å². The van der Waals surface area contributed by atoms with Gasteiger partial charge >= 0.3 is 0 Å². The third-order valence-corrected chi connectivity index (χ3v) is 8.50. The van der Waals surface area contributed by atoms with Crippen molar-refractivity contribution in [2.24, 2.45) is 0 Å². The monoisotopic (exact) mass is 301 g/mol. The van der Waals surface area contributed by atoms with E-state index in [0.29, 0.717) is 22.2 Å². The number of hydrogen-bond donors (Lipinski definition) is 2. The molecular formula is C13H24ClN3OSi. The summed E-state index contributed by atoms with van der Waals surface area (Å²) in [4.78, 5) is 4.26. The minimum Gasteiger partial charge on any atom is -0.409 e. The lowest BCUT2D eigenvalue weighted by Gasteiger charge is -2.38. The van der Waals surface area contributed by atoms with Crippen LogP contribution in [0.2, 0.25) is 23.3 Å². The van der Waals surface area contributed by atoms with E-state index in [1.807, 2.05) is 6.92 Å². The van der Waals surface area contributed by atoms with E-state index in [1.165, 1.54) is 0 Å². The molecule has 108 valence electrons. The van der Waals surface area contributed by atoms with Crippen molar-refractivity contribution in [3.8, 4) is 0 Å². The van der Waals surface area contributed by atoms with E-state index in [1.54, 1.807) is 6.07 Å². The van der Waals surface area contributed by atoms with Gasteiger partial charge in [-0.05, 0) is 25.1 Å². The second-order valence-electron chi connectivity index (χ2n) is 6.35. The van der Waals surface area contributed by atoms with Crippen LogP contribution in [0.25, 0.3) is 0 Å². The zero-order valence-electron chi connectivity index (χ0n) is 12.5. The first-order valence-corrected chi connectivity index (χ1v) is 9.63. The molecule has 0 aliphatic rings. The highest BCUT2D eigenvalue weighted by atomic mass is 35.5. The van der Waals surface area contributed by atoms with Crippen LogP contribution < -0.4 is 11.5 Å². The van der Waals surface area contributed by atoms with Crippen molar-refractivity contribution in [1.82, 2.24) is 4.98 Å². The van der Waals surface area contributed by atoms with Crippen molar-refractivity contribution in [3.05, 3.63) is 16.9 Å². The molecule has 0 fully saturated rings. The highest BCUT2D eigenvalue weighted by Gasteiger charge is 2.39. The number of hydrogen-bond acceptors (Lipinski definition) is 4. The van der Waals surface area contributed by atoms with Crippen LogP contribution in [-0.4, -0.2) is 13.3 Å². The summed E-state index contributed by atoms with van der Waals surface area (Å²) in [6.07, 6.45) is -0.220. The SMILES string of the molecule is CC(O[Si](C)(C)C(C)(C)C)c1nc(Cl)cc(N)c1N. The molecule has 4 N–H and O–H groups in total. The molecule has 19 heavy (non-hydrogen) atoms. The molecular weight excluding hydrogens is 278 g/mol. The minimum absolute atomic E-state index is 0.125. The summed E-state index contributed by atoms with van der Waals surface area (Å²) >= 11 is 5.94. The number of nitrogen functional groups attached to an aromatic ring is 2. The molecule has 0 radical (unpaired) electrons. The third kappa shape index (κ3) is 3.61. The molecule has 1 atom stereocenters. The lowest BCUT2D eigenvalue weighted by molar-refractivity contribution is 0.199. The molecule has 0 aliphatic heterocycles. The highest BCUT2D eigenvalue weighted by molar-refractivity contribution is 6.74. The normalized spacial score (nSPS) is 14.5. The highest BCUT2D eigenvalue weighted by Crippen LogP contribution is 2.40. The predicted octanol–water partition coefficient (Wildman–Crippen LogP) is 3.98. The van der Waals surface area contributed by atoms with Gasteiger partial charge in [-0.15, -0.1) is 0 Å². The zero-order valence-corrected chi connectivity index (χ0v) is 14.3. The van der Waals surface area contributed by atoms with E-state index in [0.717, 1.165) is 0 Å². The van der Waals surface area contributed by atoms with Crippen LogP contribution in [0.4, 0.5) is 11.4 Å². The van der Waals surface area contributed by atoms with Crippen molar-refractivity contribution in [3.63, 3.8) is 0 Å². The van der Waals surface area contributed by atoms with Gasteiger partial charge in [-0.3, -0.25) is 0 Å². The van der Waals surface area contributed by atoms with Gasteiger partial charge in [0, 0.05) is 6.07 Å². The molecule has 0 aromatic carbocycles. The van der Waals surface area contributed by atoms with Crippen LogP contribution in [0.5, 0.6) is 0 Å². The van der Waals surface area contributed by atoms with E-state index in [4.69, 9.17) is 27.5 Å². The second-order valence-corrected chi connectivity index (χ2v) is 11.5. The van der Waals surface area contributed by atoms with E-state index in [-0.39, 0.29) is 11.1 Å². The number of pyridine rings is 1. The Bertz CT molecular complexity index is 472. The zero-order chi connectivity index (χ0) is 15.0. The maximum Gasteiger partial charge on any atom is 0.192 e. The standard InChI is InChI=1S/C13H24ClN3OSi/c1-8(18-19(5,6)13(2,3)4)12-11(16)9(15)7-10(14)17-12/h7-8H,16H2,1-6H3,(H2,15,17). The molecule has 1 rings (SSSR count). The minimum atomic E-state index is -1.89. The Morgan fingerprint density at radius 3 is 2.32 bits per heavy atom. The Morgan fingerprint density at radius 1 is 1.32 bits per heavy atom. The number of nitrogens with zero attached hydrogens (tertiary/aromatic N) is 1. The summed E-state index contributed by atoms with van der Waals surface area (Å²) in [6.45, 7) is 12.9. The molecule has 6 heteroatoms. The Labute approximate surface area is 121 Å². The van der Waals surface area contributed by atoms with Crippen molar-refractivity contribution in [2.45, 2.75) is 51.9 Å². The van der Waals surface area contributed by atoms with Crippen molar-refractivity contribution >= 4 is 31.3 Å². The van der Waals surface area contributed by atoms with Crippen LogP contribution in [0, 0.1) is 0 Å². The van der Waals surface area contributed by atoms with E-state index in [2.05, 4.69) is 38.8 Å². The fourth-order valence-corrected chi connectivity index (χ4v) is 3.10. The summed E-state index contributed by atoms with van der Waals surface area (Å²) in [5, 5.41) is 0.465. The van der Waals surface area contributed by atoms with E-state index in [9.17, 15) is 0 Å². The van der Waals surface area contributed by atoms with Gasteiger partial charge < -0.3 is 15.9 Å². The molecule has 0 saturated heterocycles. The first-order valence-electron chi connectivity index (χ1n) is 6.35. The lowest BCUT2D eigenvalue weighted by atomic mass is 10.2. The Morgan fingerprint density at radius 2 is 1.84 bits per heavy atom. The van der Waals surface area contributed by atoms with E-state index < -0.39 is 8.32 Å². The van der Waals surface area contributed by atoms with Gasteiger partial charge in [0.25, 0.3) is 0 Å². The molecule has 4 nitrogen and oxygen atoms in total. The molecule has 1 aromatic heterocycles. The Kier molecular flexibility index (Phi) is 4.54. The van der Waals surface area contributed by atoms with Crippen LogP contribution in [-0.2, 0) is 4.43 Å². The van der Waals surface area contributed by atoms with Crippen LogP contribution in [0.1, 0.15) is 39.5 Å². The average molecular weight is 302 g/mol. The average Bonchev–Trinajstić information content (AvgIpc) is 2.20. The fraction of sp³-hybridized carbons (Fsp3) is 0.615. The van der Waals surface area contributed by atoms with Crippen LogP contribution in [0.3, 0.4) is 0 Å².